The molecule has 0 aromatic carbocycles. The lowest BCUT2D eigenvalue weighted by molar-refractivity contribution is -0.385. The van der Waals surface area contributed by atoms with Gasteiger partial charge in [0.05, 0.1) is 11.5 Å². The van der Waals surface area contributed by atoms with E-state index in [1.165, 1.54) is 0 Å². The Balaban J connectivity index is 3.11. The first-order valence-electron chi connectivity index (χ1n) is 6.91. The standard InChI is InChI=1S/C13H22N4O3/c1-5-7-8-20-13-11(17(18)19)12(14-9(3)6-2)15-10(4)16-13/h9H,5-8H2,1-4H3,(H,14,15,16). The summed E-state index contributed by atoms with van der Waals surface area (Å²) in [6.45, 7) is 8.07. The van der Waals surface area contributed by atoms with Crippen LogP contribution in [-0.2, 0) is 0 Å². The summed E-state index contributed by atoms with van der Waals surface area (Å²) in [5.74, 6) is 0.720. The number of aryl methyl sites for hydroxylation is 1. The molecule has 0 radical (unpaired) electrons. The number of aromatic nitrogens is 2. The van der Waals surface area contributed by atoms with Gasteiger partial charge in [0.1, 0.15) is 5.82 Å². The van der Waals surface area contributed by atoms with E-state index in [0.717, 1.165) is 19.3 Å². The maximum atomic E-state index is 11.3. The zero-order chi connectivity index (χ0) is 15.1. The number of nitrogens with one attached hydrogen (secondary N) is 1. The third-order valence-corrected chi connectivity index (χ3v) is 2.88. The highest BCUT2D eigenvalue weighted by molar-refractivity contribution is 5.62. The van der Waals surface area contributed by atoms with Gasteiger partial charge in [-0.25, -0.2) is 4.98 Å². The van der Waals surface area contributed by atoms with Crippen molar-refractivity contribution in [3.63, 3.8) is 0 Å². The largest absolute Gasteiger partial charge is 0.473 e. The molecule has 0 spiro atoms. The lowest BCUT2D eigenvalue weighted by atomic mass is 10.2. The summed E-state index contributed by atoms with van der Waals surface area (Å²) in [6, 6.07) is 0.0893. The second-order valence-electron chi connectivity index (χ2n) is 4.69. The molecule has 0 saturated carbocycles. The van der Waals surface area contributed by atoms with Gasteiger partial charge >= 0.3 is 5.69 Å². The molecule has 20 heavy (non-hydrogen) atoms. The molecule has 1 aromatic rings. The van der Waals surface area contributed by atoms with Crippen molar-refractivity contribution in [2.45, 2.75) is 53.0 Å². The van der Waals surface area contributed by atoms with E-state index in [1.807, 2.05) is 20.8 Å². The highest BCUT2D eigenvalue weighted by Crippen LogP contribution is 2.32. The summed E-state index contributed by atoms with van der Waals surface area (Å²) < 4.78 is 5.44. The minimum atomic E-state index is -0.495. The fourth-order valence-electron chi connectivity index (χ4n) is 1.56. The van der Waals surface area contributed by atoms with Crippen LogP contribution in [0.15, 0.2) is 0 Å². The Morgan fingerprint density at radius 3 is 2.65 bits per heavy atom. The Morgan fingerprint density at radius 2 is 2.10 bits per heavy atom. The van der Waals surface area contributed by atoms with Crippen LogP contribution >= 0.6 is 0 Å². The molecule has 112 valence electrons. The molecule has 0 aliphatic rings. The van der Waals surface area contributed by atoms with Crippen molar-refractivity contribution in [2.24, 2.45) is 0 Å². The van der Waals surface area contributed by atoms with Crippen molar-refractivity contribution < 1.29 is 9.66 Å². The van der Waals surface area contributed by atoms with Crippen LogP contribution < -0.4 is 10.1 Å². The van der Waals surface area contributed by atoms with Gasteiger partial charge in [-0.1, -0.05) is 20.3 Å². The number of ether oxygens (including phenoxy) is 1. The number of nitrogens with zero attached hydrogens (tertiary/aromatic N) is 3. The molecule has 1 atom stereocenters. The van der Waals surface area contributed by atoms with E-state index >= 15 is 0 Å². The van der Waals surface area contributed by atoms with Gasteiger partial charge in [0.15, 0.2) is 0 Å². The summed E-state index contributed by atoms with van der Waals surface area (Å²) >= 11 is 0. The fourth-order valence-corrected chi connectivity index (χ4v) is 1.56. The van der Waals surface area contributed by atoms with E-state index in [2.05, 4.69) is 15.3 Å². The van der Waals surface area contributed by atoms with E-state index in [1.54, 1.807) is 6.92 Å². The first-order valence-corrected chi connectivity index (χ1v) is 6.91. The van der Waals surface area contributed by atoms with Crippen LogP contribution in [0, 0.1) is 17.0 Å². The van der Waals surface area contributed by atoms with Crippen LogP contribution in [0.4, 0.5) is 11.5 Å². The molecular weight excluding hydrogens is 260 g/mol. The van der Waals surface area contributed by atoms with E-state index < -0.39 is 4.92 Å². The topological polar surface area (TPSA) is 90.2 Å². The molecule has 1 heterocycles. The maximum absolute atomic E-state index is 11.3. The Labute approximate surface area is 118 Å². The van der Waals surface area contributed by atoms with Gasteiger partial charge in [0.25, 0.3) is 5.88 Å². The molecule has 0 amide bonds. The number of rotatable bonds is 8. The predicted octanol–water partition coefficient (Wildman–Crippen LogP) is 3.08. The lowest BCUT2D eigenvalue weighted by Gasteiger charge is -2.14. The van der Waals surface area contributed by atoms with Crippen LogP contribution in [0.25, 0.3) is 0 Å². The van der Waals surface area contributed by atoms with Crippen molar-refractivity contribution in [3.8, 4) is 5.88 Å². The molecule has 1 aromatic heterocycles. The zero-order valence-electron chi connectivity index (χ0n) is 12.5. The fraction of sp³-hybridized carbons (Fsp3) is 0.692. The van der Waals surface area contributed by atoms with Crippen LogP contribution in [0.1, 0.15) is 45.9 Å². The van der Waals surface area contributed by atoms with Crippen molar-refractivity contribution in [1.29, 1.82) is 0 Å². The van der Waals surface area contributed by atoms with Crippen LogP contribution in [0.3, 0.4) is 0 Å². The molecule has 1 unspecified atom stereocenters. The summed E-state index contributed by atoms with van der Waals surface area (Å²) in [5, 5.41) is 14.3. The van der Waals surface area contributed by atoms with Crippen molar-refractivity contribution in [1.82, 2.24) is 9.97 Å². The van der Waals surface area contributed by atoms with Gasteiger partial charge in [-0.05, 0) is 26.7 Å². The third-order valence-electron chi connectivity index (χ3n) is 2.88. The Bertz CT molecular complexity index is 465. The minimum absolute atomic E-state index is 0.0433. The van der Waals surface area contributed by atoms with Gasteiger partial charge in [0.2, 0.25) is 5.82 Å². The van der Waals surface area contributed by atoms with Crippen molar-refractivity contribution >= 4 is 11.5 Å². The average molecular weight is 282 g/mol. The molecule has 0 aliphatic heterocycles. The Morgan fingerprint density at radius 1 is 1.40 bits per heavy atom. The number of nitro groups is 1. The number of hydrogen-bond acceptors (Lipinski definition) is 6. The van der Waals surface area contributed by atoms with Crippen LogP contribution in [0.5, 0.6) is 5.88 Å². The Hall–Kier alpha value is -1.92. The molecule has 0 fully saturated rings. The molecule has 0 saturated heterocycles. The normalized spacial score (nSPS) is 12.0. The van der Waals surface area contributed by atoms with Gasteiger partial charge in [-0.15, -0.1) is 0 Å². The summed E-state index contributed by atoms with van der Waals surface area (Å²) in [4.78, 5) is 18.9. The summed E-state index contributed by atoms with van der Waals surface area (Å²) in [6.07, 6.45) is 2.62. The predicted molar refractivity (Wildman–Crippen MR) is 77.2 cm³/mol. The molecule has 7 heteroatoms. The summed E-state index contributed by atoms with van der Waals surface area (Å²) in [5.41, 5.74) is -0.188. The third kappa shape index (κ3) is 4.32. The molecule has 7 nitrogen and oxygen atoms in total. The van der Waals surface area contributed by atoms with Gasteiger partial charge in [-0.3, -0.25) is 10.1 Å². The van der Waals surface area contributed by atoms with Crippen molar-refractivity contribution in [3.05, 3.63) is 15.9 Å². The lowest BCUT2D eigenvalue weighted by Crippen LogP contribution is -2.17. The second-order valence-corrected chi connectivity index (χ2v) is 4.69. The second kappa shape index (κ2) is 7.62. The smallest absolute Gasteiger partial charge is 0.372 e. The number of unbranched alkanes of at least 4 members (excludes halogenated alkanes) is 1. The van der Waals surface area contributed by atoms with E-state index in [9.17, 15) is 10.1 Å². The Kier molecular flexibility index (Phi) is 6.14. The highest BCUT2D eigenvalue weighted by atomic mass is 16.6. The number of anilines is 1. The molecule has 0 bridgehead atoms. The van der Waals surface area contributed by atoms with Gasteiger partial charge < -0.3 is 10.1 Å². The van der Waals surface area contributed by atoms with E-state index in [0.29, 0.717) is 12.4 Å². The van der Waals surface area contributed by atoms with Crippen LogP contribution in [0.2, 0.25) is 0 Å². The van der Waals surface area contributed by atoms with E-state index in [-0.39, 0.29) is 23.4 Å². The zero-order valence-corrected chi connectivity index (χ0v) is 12.5. The molecule has 0 aliphatic carbocycles. The molecule has 1 rings (SSSR count). The van der Waals surface area contributed by atoms with Gasteiger partial charge in [0, 0.05) is 6.04 Å². The first kappa shape index (κ1) is 16.1. The van der Waals surface area contributed by atoms with Crippen LogP contribution in [-0.4, -0.2) is 27.5 Å². The van der Waals surface area contributed by atoms with Crippen molar-refractivity contribution in [2.75, 3.05) is 11.9 Å². The number of hydrogen-bond donors (Lipinski definition) is 1. The highest BCUT2D eigenvalue weighted by Gasteiger charge is 2.26. The molecular formula is C13H22N4O3. The molecule has 1 N–H and O–H groups in total. The quantitative estimate of drug-likeness (QED) is 0.447. The maximum Gasteiger partial charge on any atom is 0.372 e. The van der Waals surface area contributed by atoms with E-state index in [4.69, 9.17) is 4.74 Å². The monoisotopic (exact) mass is 282 g/mol. The first-order chi connectivity index (χ1) is 9.49. The minimum Gasteiger partial charge on any atom is -0.473 e. The average Bonchev–Trinajstić information content (AvgIpc) is 2.37. The SMILES string of the molecule is CCCCOc1nc(C)nc(NC(C)CC)c1[N+](=O)[O-]. The summed E-state index contributed by atoms with van der Waals surface area (Å²) in [7, 11) is 0. The van der Waals surface area contributed by atoms with Gasteiger partial charge in [-0.2, -0.15) is 4.98 Å².